The SMILES string of the molecule is C/C=C\OC(=O)OCC. The lowest BCUT2D eigenvalue weighted by molar-refractivity contribution is 0.0893. The number of ether oxygens (including phenoxy) is 2. The van der Waals surface area contributed by atoms with Gasteiger partial charge in [-0.25, -0.2) is 4.79 Å². The second-order valence-electron chi connectivity index (χ2n) is 1.27. The minimum absolute atomic E-state index is 0.344. The molecule has 0 saturated heterocycles. The van der Waals surface area contributed by atoms with Gasteiger partial charge in [-0.2, -0.15) is 0 Å². The van der Waals surface area contributed by atoms with Crippen molar-refractivity contribution in [3.05, 3.63) is 12.3 Å². The Morgan fingerprint density at radius 3 is 2.78 bits per heavy atom. The van der Waals surface area contributed by atoms with Gasteiger partial charge in [0.1, 0.15) is 0 Å². The van der Waals surface area contributed by atoms with Gasteiger partial charge >= 0.3 is 6.16 Å². The van der Waals surface area contributed by atoms with Crippen molar-refractivity contribution in [1.82, 2.24) is 0 Å². The lowest BCUT2D eigenvalue weighted by atomic mass is 10.7. The van der Waals surface area contributed by atoms with E-state index in [0.29, 0.717) is 6.61 Å². The molecule has 3 nitrogen and oxygen atoms in total. The predicted octanol–water partition coefficient (Wildman–Crippen LogP) is 1.69. The standard InChI is InChI=1S/C6H10O3/c1-3-5-9-6(7)8-4-2/h3,5H,4H2,1-2H3/b5-3-. The normalized spacial score (nSPS) is 9.56. The molecule has 0 bridgehead atoms. The molecule has 0 spiro atoms. The molecule has 0 radical (unpaired) electrons. The molecule has 0 saturated carbocycles. The van der Waals surface area contributed by atoms with E-state index in [2.05, 4.69) is 9.47 Å². The zero-order valence-corrected chi connectivity index (χ0v) is 5.59. The molecule has 0 aromatic carbocycles. The maximum absolute atomic E-state index is 10.3. The summed E-state index contributed by atoms with van der Waals surface area (Å²) in [4.78, 5) is 10.3. The van der Waals surface area contributed by atoms with Gasteiger partial charge in [-0.1, -0.05) is 6.08 Å². The van der Waals surface area contributed by atoms with Crippen LogP contribution in [0.1, 0.15) is 13.8 Å². The van der Waals surface area contributed by atoms with Crippen LogP contribution in [0.4, 0.5) is 4.79 Å². The van der Waals surface area contributed by atoms with Crippen LogP contribution < -0.4 is 0 Å². The number of hydrogen-bond donors (Lipinski definition) is 0. The predicted molar refractivity (Wildman–Crippen MR) is 32.9 cm³/mol. The number of rotatable bonds is 2. The minimum Gasteiger partial charge on any atom is -0.434 e. The highest BCUT2D eigenvalue weighted by molar-refractivity contribution is 5.60. The summed E-state index contributed by atoms with van der Waals surface area (Å²) in [5.41, 5.74) is 0. The Hall–Kier alpha value is -0.990. The van der Waals surface area contributed by atoms with Crippen molar-refractivity contribution in [2.45, 2.75) is 13.8 Å². The summed E-state index contributed by atoms with van der Waals surface area (Å²) in [5.74, 6) is 0. The number of carbonyl (C=O) groups is 1. The fraction of sp³-hybridized carbons (Fsp3) is 0.500. The number of hydrogen-bond acceptors (Lipinski definition) is 3. The zero-order chi connectivity index (χ0) is 7.11. The highest BCUT2D eigenvalue weighted by Gasteiger charge is 1.95. The monoisotopic (exact) mass is 130 g/mol. The fourth-order valence-corrected chi connectivity index (χ4v) is 0.275. The van der Waals surface area contributed by atoms with Crippen LogP contribution in [0.25, 0.3) is 0 Å². The van der Waals surface area contributed by atoms with Gasteiger partial charge in [-0.15, -0.1) is 0 Å². The molecule has 0 heterocycles. The van der Waals surface area contributed by atoms with Gasteiger partial charge in [0, 0.05) is 0 Å². The second kappa shape index (κ2) is 5.15. The maximum Gasteiger partial charge on any atom is 0.513 e. The maximum atomic E-state index is 10.3. The molecule has 0 aliphatic heterocycles. The van der Waals surface area contributed by atoms with E-state index in [-0.39, 0.29) is 0 Å². The van der Waals surface area contributed by atoms with Gasteiger partial charge in [-0.3, -0.25) is 0 Å². The fourth-order valence-electron chi connectivity index (χ4n) is 0.275. The van der Waals surface area contributed by atoms with Crippen molar-refractivity contribution in [3.8, 4) is 0 Å². The summed E-state index contributed by atoms with van der Waals surface area (Å²) in [6.07, 6.45) is 2.23. The Balaban J connectivity index is 3.27. The van der Waals surface area contributed by atoms with Crippen LogP contribution >= 0.6 is 0 Å². The van der Waals surface area contributed by atoms with Crippen molar-refractivity contribution < 1.29 is 14.3 Å². The molecule has 0 aliphatic rings. The molecule has 0 unspecified atom stereocenters. The molecular weight excluding hydrogens is 120 g/mol. The molecule has 3 heteroatoms. The number of carbonyl (C=O) groups excluding carboxylic acids is 1. The molecule has 0 aromatic heterocycles. The van der Waals surface area contributed by atoms with Crippen LogP contribution in [0.3, 0.4) is 0 Å². The molecule has 0 aliphatic carbocycles. The minimum atomic E-state index is -0.657. The smallest absolute Gasteiger partial charge is 0.434 e. The molecule has 9 heavy (non-hydrogen) atoms. The van der Waals surface area contributed by atoms with Crippen molar-refractivity contribution >= 4 is 6.16 Å². The first-order valence-electron chi connectivity index (χ1n) is 2.75. The molecule has 52 valence electrons. The first-order valence-corrected chi connectivity index (χ1v) is 2.75. The van der Waals surface area contributed by atoms with E-state index in [4.69, 9.17) is 0 Å². The molecule has 0 atom stereocenters. The summed E-state index contributed by atoms with van der Waals surface area (Å²) >= 11 is 0. The van der Waals surface area contributed by atoms with E-state index < -0.39 is 6.16 Å². The highest BCUT2D eigenvalue weighted by atomic mass is 16.7. The van der Waals surface area contributed by atoms with Crippen LogP contribution in [0, 0.1) is 0 Å². The van der Waals surface area contributed by atoms with Gasteiger partial charge in [-0.05, 0) is 13.8 Å². The van der Waals surface area contributed by atoms with E-state index in [1.54, 1.807) is 19.9 Å². The van der Waals surface area contributed by atoms with Gasteiger partial charge in [0.05, 0.1) is 12.9 Å². The highest BCUT2D eigenvalue weighted by Crippen LogP contribution is 1.84. The third-order valence-electron chi connectivity index (χ3n) is 0.563. The van der Waals surface area contributed by atoms with E-state index in [0.717, 1.165) is 0 Å². The largest absolute Gasteiger partial charge is 0.513 e. The van der Waals surface area contributed by atoms with Gasteiger partial charge in [0.15, 0.2) is 0 Å². The molecule has 0 rings (SSSR count). The molecular formula is C6H10O3. The topological polar surface area (TPSA) is 35.5 Å². The third kappa shape index (κ3) is 4.87. The molecule has 0 fully saturated rings. The average molecular weight is 130 g/mol. The second-order valence-corrected chi connectivity index (χ2v) is 1.27. The van der Waals surface area contributed by atoms with Gasteiger partial charge < -0.3 is 9.47 Å². The van der Waals surface area contributed by atoms with Crippen LogP contribution in [0.2, 0.25) is 0 Å². The quantitative estimate of drug-likeness (QED) is 0.421. The molecule has 0 N–H and O–H groups in total. The van der Waals surface area contributed by atoms with Gasteiger partial charge in [0.25, 0.3) is 0 Å². The average Bonchev–Trinajstić information content (AvgIpc) is 1.85. The van der Waals surface area contributed by atoms with Crippen LogP contribution in [0.15, 0.2) is 12.3 Å². The Bertz CT molecular complexity index is 107. The lowest BCUT2D eigenvalue weighted by Gasteiger charge is -1.96. The first-order chi connectivity index (χ1) is 4.31. The molecule has 0 aromatic rings. The summed E-state index contributed by atoms with van der Waals surface area (Å²) in [5, 5.41) is 0. The van der Waals surface area contributed by atoms with Crippen molar-refractivity contribution in [2.24, 2.45) is 0 Å². The van der Waals surface area contributed by atoms with Crippen LogP contribution in [-0.2, 0) is 9.47 Å². The Labute approximate surface area is 54.3 Å². The lowest BCUT2D eigenvalue weighted by Crippen LogP contribution is -2.01. The molecule has 0 amide bonds. The first kappa shape index (κ1) is 8.01. The third-order valence-corrected chi connectivity index (χ3v) is 0.563. The van der Waals surface area contributed by atoms with E-state index >= 15 is 0 Å². The van der Waals surface area contributed by atoms with Crippen LogP contribution in [-0.4, -0.2) is 12.8 Å². The van der Waals surface area contributed by atoms with Crippen molar-refractivity contribution in [1.29, 1.82) is 0 Å². The van der Waals surface area contributed by atoms with E-state index in [1.807, 2.05) is 0 Å². The van der Waals surface area contributed by atoms with Gasteiger partial charge in [0.2, 0.25) is 0 Å². The summed E-state index contributed by atoms with van der Waals surface area (Å²) in [7, 11) is 0. The summed E-state index contributed by atoms with van der Waals surface area (Å²) in [6, 6.07) is 0. The van der Waals surface area contributed by atoms with Crippen molar-refractivity contribution in [2.75, 3.05) is 6.61 Å². The Kier molecular flexibility index (Phi) is 4.59. The van der Waals surface area contributed by atoms with Crippen molar-refractivity contribution in [3.63, 3.8) is 0 Å². The van der Waals surface area contributed by atoms with E-state index in [9.17, 15) is 4.79 Å². The summed E-state index contributed by atoms with van der Waals surface area (Å²) in [6.45, 7) is 3.81. The number of allylic oxidation sites excluding steroid dienone is 1. The Morgan fingerprint density at radius 2 is 2.33 bits per heavy atom. The Morgan fingerprint density at radius 1 is 1.67 bits per heavy atom. The van der Waals surface area contributed by atoms with E-state index in [1.165, 1.54) is 6.26 Å². The van der Waals surface area contributed by atoms with Crippen LogP contribution in [0.5, 0.6) is 0 Å². The zero-order valence-electron chi connectivity index (χ0n) is 5.59. The summed E-state index contributed by atoms with van der Waals surface area (Å²) < 4.78 is 8.82.